The van der Waals surface area contributed by atoms with Crippen molar-refractivity contribution in [3.05, 3.63) is 42.7 Å². The fourth-order valence-electron chi connectivity index (χ4n) is 1.96. The zero-order valence-electron chi connectivity index (χ0n) is 11.5. The van der Waals surface area contributed by atoms with Gasteiger partial charge in [-0.2, -0.15) is 0 Å². The van der Waals surface area contributed by atoms with E-state index in [0.29, 0.717) is 13.1 Å². The van der Waals surface area contributed by atoms with E-state index in [-0.39, 0.29) is 11.5 Å². The number of nitrogens with one attached hydrogen (secondary N) is 2. The molecule has 20 heavy (non-hydrogen) atoms. The summed E-state index contributed by atoms with van der Waals surface area (Å²) in [5, 5.41) is 5.03. The maximum Gasteiger partial charge on any atom is 0.330 e. The monoisotopic (exact) mass is 294 g/mol. The summed E-state index contributed by atoms with van der Waals surface area (Å²) in [6.45, 7) is 4.95. The van der Waals surface area contributed by atoms with Crippen molar-refractivity contribution < 1.29 is 0 Å². The van der Waals surface area contributed by atoms with Gasteiger partial charge in [-0.1, -0.05) is 6.92 Å². The second kappa shape index (κ2) is 5.96. The van der Waals surface area contributed by atoms with Crippen LogP contribution in [0.2, 0.25) is 0 Å². The minimum absolute atomic E-state index is 0.190. The predicted molar refractivity (Wildman–Crippen MR) is 82.4 cm³/mol. The third-order valence-corrected chi connectivity index (χ3v) is 4.10. The van der Waals surface area contributed by atoms with Crippen LogP contribution in [0.15, 0.2) is 21.0 Å². The molecule has 0 aliphatic rings. The molecule has 0 saturated carbocycles. The Morgan fingerprint density at radius 3 is 2.80 bits per heavy atom. The van der Waals surface area contributed by atoms with Gasteiger partial charge in [0.1, 0.15) is 11.5 Å². The van der Waals surface area contributed by atoms with Gasteiger partial charge in [0.05, 0.1) is 0 Å². The molecule has 7 heteroatoms. The van der Waals surface area contributed by atoms with Gasteiger partial charge in [0.2, 0.25) is 0 Å². The van der Waals surface area contributed by atoms with Crippen molar-refractivity contribution >= 4 is 22.8 Å². The molecule has 108 valence electrons. The molecule has 0 aliphatic carbocycles. The number of H-pyrrole nitrogens is 1. The molecule has 2 aromatic heterocycles. The van der Waals surface area contributed by atoms with Gasteiger partial charge in [-0.25, -0.2) is 4.79 Å². The highest BCUT2D eigenvalue weighted by Crippen LogP contribution is 2.18. The van der Waals surface area contributed by atoms with Gasteiger partial charge < -0.3 is 11.1 Å². The molecule has 0 amide bonds. The number of aromatic nitrogens is 2. The van der Waals surface area contributed by atoms with Crippen LogP contribution >= 0.6 is 11.3 Å². The summed E-state index contributed by atoms with van der Waals surface area (Å²) in [4.78, 5) is 27.0. The molecule has 0 aromatic carbocycles. The zero-order chi connectivity index (χ0) is 14.7. The molecule has 0 saturated heterocycles. The van der Waals surface area contributed by atoms with E-state index in [1.165, 1.54) is 10.1 Å². The number of aryl methyl sites for hydroxylation is 1. The van der Waals surface area contributed by atoms with Crippen LogP contribution in [0, 0.1) is 6.92 Å². The van der Waals surface area contributed by atoms with Crippen molar-refractivity contribution in [1.29, 1.82) is 0 Å². The van der Waals surface area contributed by atoms with Crippen LogP contribution < -0.4 is 22.3 Å². The molecule has 2 aromatic rings. The molecule has 0 spiro atoms. The van der Waals surface area contributed by atoms with Crippen LogP contribution in [0.1, 0.15) is 23.8 Å². The van der Waals surface area contributed by atoms with Crippen LogP contribution in [0.3, 0.4) is 0 Å². The number of hydrogen-bond acceptors (Lipinski definition) is 5. The second-order valence-electron chi connectivity index (χ2n) is 4.55. The van der Waals surface area contributed by atoms with Crippen molar-refractivity contribution in [2.75, 3.05) is 11.1 Å². The lowest BCUT2D eigenvalue weighted by atomic mass is 10.3. The van der Waals surface area contributed by atoms with Gasteiger partial charge >= 0.3 is 5.69 Å². The summed E-state index contributed by atoms with van der Waals surface area (Å²) in [5.74, 6) is 0.190. The summed E-state index contributed by atoms with van der Waals surface area (Å²) >= 11 is 1.61. The average molecular weight is 294 g/mol. The number of thiophene rings is 1. The highest BCUT2D eigenvalue weighted by molar-refractivity contribution is 7.10. The molecular weight excluding hydrogens is 276 g/mol. The summed E-state index contributed by atoms with van der Waals surface area (Å²) in [6, 6.07) is 2.02. The van der Waals surface area contributed by atoms with Crippen molar-refractivity contribution in [3.8, 4) is 0 Å². The molecule has 4 N–H and O–H groups in total. The molecule has 2 rings (SSSR count). The molecule has 0 atom stereocenters. The Morgan fingerprint density at radius 1 is 1.45 bits per heavy atom. The standard InChI is InChI=1S/C13H18N4O2S/c1-3-5-17-11(14)10(12(18)16-13(17)19)15-7-9-8(2)4-6-20-9/h4,6,15H,3,5,7,14H2,1-2H3,(H,16,18,19). The molecule has 6 nitrogen and oxygen atoms in total. The normalized spacial score (nSPS) is 10.7. The lowest BCUT2D eigenvalue weighted by Gasteiger charge is -2.13. The number of nitrogens with two attached hydrogens (primary N) is 1. The number of nitrogens with zero attached hydrogens (tertiary/aromatic N) is 1. The van der Waals surface area contributed by atoms with Crippen molar-refractivity contribution in [3.63, 3.8) is 0 Å². The first-order valence-electron chi connectivity index (χ1n) is 6.44. The molecule has 0 bridgehead atoms. The first-order valence-corrected chi connectivity index (χ1v) is 7.32. The Kier molecular flexibility index (Phi) is 4.29. The van der Waals surface area contributed by atoms with Gasteiger partial charge in [0.15, 0.2) is 0 Å². The van der Waals surface area contributed by atoms with Crippen LogP contribution in [0.5, 0.6) is 0 Å². The SMILES string of the molecule is CCCn1c(N)c(NCc2sccc2C)c(=O)[nH]c1=O. The molecule has 0 aliphatic heterocycles. The maximum absolute atomic E-state index is 11.9. The Hall–Kier alpha value is -2.02. The Balaban J connectivity index is 2.32. The van der Waals surface area contributed by atoms with Crippen LogP contribution in [0.25, 0.3) is 0 Å². The number of anilines is 2. The largest absolute Gasteiger partial charge is 0.383 e. The van der Waals surface area contributed by atoms with Gasteiger partial charge in [-0.15, -0.1) is 11.3 Å². The first-order chi connectivity index (χ1) is 9.54. The van der Waals surface area contributed by atoms with Crippen molar-refractivity contribution in [2.24, 2.45) is 0 Å². The number of hydrogen-bond donors (Lipinski definition) is 3. The summed E-state index contributed by atoms with van der Waals surface area (Å²) in [5.41, 5.74) is 6.41. The molecule has 0 fully saturated rings. The Labute approximate surface area is 120 Å². The first kappa shape index (κ1) is 14.4. The summed E-state index contributed by atoms with van der Waals surface area (Å²) < 4.78 is 1.38. The summed E-state index contributed by atoms with van der Waals surface area (Å²) in [7, 11) is 0. The van der Waals surface area contributed by atoms with E-state index in [2.05, 4.69) is 10.3 Å². The van der Waals surface area contributed by atoms with Crippen LogP contribution in [0.4, 0.5) is 11.5 Å². The fraction of sp³-hybridized carbons (Fsp3) is 0.385. The second-order valence-corrected chi connectivity index (χ2v) is 5.55. The third kappa shape index (κ3) is 2.77. The lowest BCUT2D eigenvalue weighted by Crippen LogP contribution is -2.34. The maximum atomic E-state index is 11.9. The van der Waals surface area contributed by atoms with Crippen molar-refractivity contribution in [2.45, 2.75) is 33.4 Å². The topological polar surface area (TPSA) is 92.9 Å². The van der Waals surface area contributed by atoms with E-state index >= 15 is 0 Å². The number of aromatic amines is 1. The van der Waals surface area contributed by atoms with Gasteiger partial charge in [0, 0.05) is 18.0 Å². The van der Waals surface area contributed by atoms with Gasteiger partial charge in [-0.05, 0) is 30.4 Å². The molecule has 2 heterocycles. The van der Waals surface area contributed by atoms with E-state index in [4.69, 9.17) is 5.73 Å². The lowest BCUT2D eigenvalue weighted by molar-refractivity contribution is 0.642. The molecule has 0 radical (unpaired) electrons. The fourth-order valence-corrected chi connectivity index (χ4v) is 2.80. The Bertz CT molecular complexity index is 714. The molecule has 0 unspecified atom stereocenters. The van der Waals surface area contributed by atoms with Crippen molar-refractivity contribution in [1.82, 2.24) is 9.55 Å². The average Bonchev–Trinajstić information content (AvgIpc) is 2.80. The van der Waals surface area contributed by atoms with E-state index < -0.39 is 11.2 Å². The van der Waals surface area contributed by atoms with Gasteiger partial charge in [-0.3, -0.25) is 14.3 Å². The van der Waals surface area contributed by atoms with Crippen LogP contribution in [-0.4, -0.2) is 9.55 Å². The zero-order valence-corrected chi connectivity index (χ0v) is 12.3. The van der Waals surface area contributed by atoms with E-state index in [1.807, 2.05) is 25.3 Å². The van der Waals surface area contributed by atoms with E-state index in [0.717, 1.165) is 11.3 Å². The summed E-state index contributed by atoms with van der Waals surface area (Å²) in [6.07, 6.45) is 0.764. The number of rotatable bonds is 5. The quantitative estimate of drug-likeness (QED) is 0.779. The molecular formula is C13H18N4O2S. The minimum Gasteiger partial charge on any atom is -0.383 e. The van der Waals surface area contributed by atoms with E-state index in [9.17, 15) is 9.59 Å². The highest BCUT2D eigenvalue weighted by atomic mass is 32.1. The highest BCUT2D eigenvalue weighted by Gasteiger charge is 2.12. The van der Waals surface area contributed by atoms with E-state index in [1.54, 1.807) is 11.3 Å². The number of nitrogen functional groups attached to an aromatic ring is 1. The smallest absolute Gasteiger partial charge is 0.330 e. The predicted octanol–water partition coefficient (Wildman–Crippen LogP) is 1.51. The van der Waals surface area contributed by atoms with Gasteiger partial charge in [0.25, 0.3) is 5.56 Å². The third-order valence-electron chi connectivity index (χ3n) is 3.08. The van der Waals surface area contributed by atoms with Crippen LogP contribution in [-0.2, 0) is 13.1 Å². The Morgan fingerprint density at radius 2 is 2.20 bits per heavy atom. The minimum atomic E-state index is -0.478.